The van der Waals surface area contributed by atoms with Crippen molar-refractivity contribution >= 4 is 11.9 Å². The van der Waals surface area contributed by atoms with Crippen molar-refractivity contribution < 1.29 is 24.9 Å². The van der Waals surface area contributed by atoms with Crippen molar-refractivity contribution in [2.45, 2.75) is 44.3 Å². The molecule has 1 aliphatic carbocycles. The molecular formula is C12H19NO5. The average Bonchev–Trinajstić information content (AvgIpc) is 2.88. The molecule has 2 fully saturated rings. The number of aliphatic hydroxyl groups is 2. The molecule has 2 rings (SSSR count). The summed E-state index contributed by atoms with van der Waals surface area (Å²) in [4.78, 5) is 24.7. The molecule has 1 saturated carbocycles. The molecule has 18 heavy (non-hydrogen) atoms. The predicted molar refractivity (Wildman–Crippen MR) is 61.7 cm³/mol. The lowest BCUT2D eigenvalue weighted by atomic mass is 9.82. The minimum Gasteiger partial charge on any atom is -0.481 e. The molecule has 102 valence electrons. The Morgan fingerprint density at radius 1 is 1.11 bits per heavy atom. The van der Waals surface area contributed by atoms with Gasteiger partial charge >= 0.3 is 5.97 Å². The molecule has 0 aromatic rings. The summed E-state index contributed by atoms with van der Waals surface area (Å²) in [5, 5.41) is 28.1. The van der Waals surface area contributed by atoms with Gasteiger partial charge in [-0.1, -0.05) is 12.8 Å². The molecule has 0 spiro atoms. The number of hydrogen-bond donors (Lipinski definition) is 3. The molecule has 1 amide bonds. The van der Waals surface area contributed by atoms with E-state index in [1.807, 2.05) is 0 Å². The molecule has 2 aliphatic rings. The summed E-state index contributed by atoms with van der Waals surface area (Å²) in [6, 6.07) is 0. The van der Waals surface area contributed by atoms with Gasteiger partial charge in [0.1, 0.15) is 0 Å². The summed E-state index contributed by atoms with van der Waals surface area (Å²) in [5.41, 5.74) is -0.935. The number of rotatable bonds is 3. The highest BCUT2D eigenvalue weighted by molar-refractivity contribution is 5.85. The van der Waals surface area contributed by atoms with Crippen LogP contribution in [-0.4, -0.2) is 57.4 Å². The van der Waals surface area contributed by atoms with E-state index in [9.17, 15) is 24.9 Å². The summed E-state index contributed by atoms with van der Waals surface area (Å²) >= 11 is 0. The van der Waals surface area contributed by atoms with Gasteiger partial charge in [-0.2, -0.15) is 0 Å². The normalized spacial score (nSPS) is 30.7. The maximum absolute atomic E-state index is 12.0. The van der Waals surface area contributed by atoms with E-state index in [4.69, 9.17) is 0 Å². The van der Waals surface area contributed by atoms with Crippen LogP contribution in [0.1, 0.15) is 32.1 Å². The largest absolute Gasteiger partial charge is 0.481 e. The van der Waals surface area contributed by atoms with Crippen LogP contribution in [0.4, 0.5) is 0 Å². The number of carbonyl (C=O) groups excluding carboxylic acids is 1. The second-order valence-corrected chi connectivity index (χ2v) is 5.40. The molecule has 1 aliphatic heterocycles. The molecule has 6 heteroatoms. The summed E-state index contributed by atoms with van der Waals surface area (Å²) in [6.07, 6.45) is 0.883. The van der Waals surface area contributed by atoms with E-state index in [-0.39, 0.29) is 25.4 Å². The number of carboxylic acids is 1. The number of carbonyl (C=O) groups is 2. The van der Waals surface area contributed by atoms with Gasteiger partial charge in [0.25, 0.3) is 0 Å². The zero-order chi connectivity index (χ0) is 13.3. The predicted octanol–water partition coefficient (Wildman–Crippen LogP) is -0.415. The monoisotopic (exact) mass is 257 g/mol. The molecule has 0 radical (unpaired) electrons. The van der Waals surface area contributed by atoms with Crippen molar-refractivity contribution in [2.75, 3.05) is 13.1 Å². The molecule has 3 N–H and O–H groups in total. The van der Waals surface area contributed by atoms with Gasteiger partial charge in [0.2, 0.25) is 5.91 Å². The highest BCUT2D eigenvalue weighted by Crippen LogP contribution is 2.41. The standard InChI is InChI=1S/C12H19NO5/c14-8-6-13(7-9(8)15)10(16)5-12(11(17)18)3-1-2-4-12/h8-9,14-15H,1-7H2,(H,17,18). The van der Waals surface area contributed by atoms with Crippen molar-refractivity contribution in [3.05, 3.63) is 0 Å². The van der Waals surface area contributed by atoms with Crippen molar-refractivity contribution in [3.8, 4) is 0 Å². The van der Waals surface area contributed by atoms with Crippen LogP contribution in [0.5, 0.6) is 0 Å². The maximum Gasteiger partial charge on any atom is 0.310 e. The number of hydrogen-bond acceptors (Lipinski definition) is 4. The first-order valence-corrected chi connectivity index (χ1v) is 6.32. The summed E-state index contributed by atoms with van der Waals surface area (Å²) in [5.74, 6) is -1.19. The lowest BCUT2D eigenvalue weighted by Gasteiger charge is -2.26. The molecule has 0 aromatic carbocycles. The first kappa shape index (κ1) is 13.3. The number of β-amino-alcohol motifs (C(OH)–C–C–N with tert-alkyl or cyclic N) is 2. The lowest BCUT2D eigenvalue weighted by molar-refractivity contribution is -0.153. The number of carboxylic acid groups (broad SMARTS) is 1. The molecule has 6 nitrogen and oxygen atoms in total. The van der Waals surface area contributed by atoms with Crippen molar-refractivity contribution in [1.29, 1.82) is 0 Å². The van der Waals surface area contributed by atoms with Gasteiger partial charge in [0.15, 0.2) is 0 Å². The van der Waals surface area contributed by atoms with Gasteiger partial charge in [-0.3, -0.25) is 9.59 Å². The first-order chi connectivity index (χ1) is 8.44. The molecule has 0 aromatic heterocycles. The van der Waals surface area contributed by atoms with Gasteiger partial charge in [0, 0.05) is 19.5 Å². The van der Waals surface area contributed by atoms with E-state index in [0.29, 0.717) is 12.8 Å². The molecule has 2 atom stereocenters. The second-order valence-electron chi connectivity index (χ2n) is 5.40. The number of nitrogens with zero attached hydrogens (tertiary/aromatic N) is 1. The highest BCUT2D eigenvalue weighted by atomic mass is 16.4. The van der Waals surface area contributed by atoms with Crippen LogP contribution in [0.2, 0.25) is 0 Å². The van der Waals surface area contributed by atoms with Crippen LogP contribution in [0.15, 0.2) is 0 Å². The summed E-state index contributed by atoms with van der Waals surface area (Å²) in [7, 11) is 0. The Labute approximate surface area is 105 Å². The summed E-state index contributed by atoms with van der Waals surface area (Å²) in [6.45, 7) is 0.186. The van der Waals surface area contributed by atoms with E-state index < -0.39 is 23.6 Å². The Morgan fingerprint density at radius 2 is 1.61 bits per heavy atom. The van der Waals surface area contributed by atoms with Gasteiger partial charge in [-0.05, 0) is 12.8 Å². The maximum atomic E-state index is 12.0. The fourth-order valence-corrected chi connectivity index (χ4v) is 2.89. The first-order valence-electron chi connectivity index (χ1n) is 6.32. The zero-order valence-corrected chi connectivity index (χ0v) is 10.2. The van der Waals surface area contributed by atoms with Crippen LogP contribution in [0.3, 0.4) is 0 Å². The number of likely N-dealkylation sites (tertiary alicyclic amines) is 1. The molecule has 0 bridgehead atoms. The fourth-order valence-electron chi connectivity index (χ4n) is 2.89. The van der Waals surface area contributed by atoms with Crippen LogP contribution >= 0.6 is 0 Å². The van der Waals surface area contributed by atoms with Gasteiger partial charge in [0.05, 0.1) is 17.6 Å². The van der Waals surface area contributed by atoms with Gasteiger partial charge in [-0.25, -0.2) is 0 Å². The highest BCUT2D eigenvalue weighted by Gasteiger charge is 2.45. The molecule has 1 saturated heterocycles. The van der Waals surface area contributed by atoms with Crippen LogP contribution in [-0.2, 0) is 9.59 Å². The minimum atomic E-state index is -0.935. The third-order valence-corrected chi connectivity index (χ3v) is 4.12. The molecule has 2 unspecified atom stereocenters. The van der Waals surface area contributed by atoms with E-state index in [1.165, 1.54) is 4.90 Å². The number of amides is 1. The van der Waals surface area contributed by atoms with Gasteiger partial charge < -0.3 is 20.2 Å². The summed E-state index contributed by atoms with van der Waals surface area (Å²) < 4.78 is 0. The Kier molecular flexibility index (Phi) is 3.59. The second kappa shape index (κ2) is 4.85. The quantitative estimate of drug-likeness (QED) is 0.638. The van der Waals surface area contributed by atoms with Crippen molar-refractivity contribution in [1.82, 2.24) is 4.90 Å². The van der Waals surface area contributed by atoms with E-state index in [2.05, 4.69) is 0 Å². The Bertz CT molecular complexity index is 340. The molecule has 1 heterocycles. The van der Waals surface area contributed by atoms with Crippen LogP contribution in [0.25, 0.3) is 0 Å². The molecular weight excluding hydrogens is 238 g/mol. The fraction of sp³-hybridized carbons (Fsp3) is 0.833. The zero-order valence-electron chi connectivity index (χ0n) is 10.2. The van der Waals surface area contributed by atoms with Crippen molar-refractivity contribution in [3.63, 3.8) is 0 Å². The smallest absolute Gasteiger partial charge is 0.310 e. The van der Waals surface area contributed by atoms with Gasteiger partial charge in [-0.15, -0.1) is 0 Å². The average molecular weight is 257 g/mol. The van der Waals surface area contributed by atoms with E-state index in [1.54, 1.807) is 0 Å². The SMILES string of the molecule is O=C(CC1(C(=O)O)CCCC1)N1CC(O)C(O)C1. The third kappa shape index (κ3) is 2.35. The number of aliphatic hydroxyl groups excluding tert-OH is 2. The van der Waals surface area contributed by atoms with E-state index >= 15 is 0 Å². The minimum absolute atomic E-state index is 0.0260. The third-order valence-electron chi connectivity index (χ3n) is 4.12. The topological polar surface area (TPSA) is 98.1 Å². The van der Waals surface area contributed by atoms with Crippen molar-refractivity contribution in [2.24, 2.45) is 5.41 Å². The Balaban J connectivity index is 2.00. The van der Waals surface area contributed by atoms with Crippen LogP contribution in [0, 0.1) is 5.41 Å². The van der Waals surface area contributed by atoms with Crippen LogP contribution < -0.4 is 0 Å². The Hall–Kier alpha value is -1.14. The van der Waals surface area contributed by atoms with E-state index in [0.717, 1.165) is 12.8 Å². The number of aliphatic carboxylic acids is 1. The Morgan fingerprint density at radius 3 is 2.06 bits per heavy atom. The lowest BCUT2D eigenvalue weighted by Crippen LogP contribution is -2.38.